The van der Waals surface area contributed by atoms with Gasteiger partial charge in [-0.15, -0.1) is 0 Å². The molecule has 102 valence electrons. The van der Waals surface area contributed by atoms with Crippen molar-refractivity contribution in [3.63, 3.8) is 0 Å². The lowest BCUT2D eigenvalue weighted by Gasteiger charge is -2.03. The van der Waals surface area contributed by atoms with Gasteiger partial charge in [0.25, 0.3) is 5.91 Å². The van der Waals surface area contributed by atoms with E-state index in [0.717, 1.165) is 17.7 Å². The number of carbonyl (C=O) groups is 1. The van der Waals surface area contributed by atoms with Gasteiger partial charge < -0.3 is 14.3 Å². The van der Waals surface area contributed by atoms with E-state index in [2.05, 4.69) is 15.5 Å². The summed E-state index contributed by atoms with van der Waals surface area (Å²) in [6.45, 7) is 4.13. The number of rotatable bonds is 4. The predicted molar refractivity (Wildman–Crippen MR) is 72.4 cm³/mol. The number of aryl methyl sites for hydroxylation is 2. The van der Waals surface area contributed by atoms with Crippen molar-refractivity contribution in [2.24, 2.45) is 7.05 Å². The van der Waals surface area contributed by atoms with Gasteiger partial charge in [-0.2, -0.15) is 5.10 Å². The average Bonchev–Trinajstić information content (AvgIpc) is 2.92. The number of nitrogens with one attached hydrogen (secondary N) is 2. The number of nitrogens with zero attached hydrogens (tertiary/aromatic N) is 2. The van der Waals surface area contributed by atoms with Gasteiger partial charge in [0.1, 0.15) is 5.76 Å². The smallest absolute Gasteiger partial charge is 0.287 e. The number of carbonyl (C=O) groups excluding carboxylic acids is 1. The maximum Gasteiger partial charge on any atom is 0.287 e. The van der Waals surface area contributed by atoms with Crippen molar-refractivity contribution in [2.75, 3.05) is 0 Å². The predicted octanol–water partition coefficient (Wildman–Crippen LogP) is 1.87. The van der Waals surface area contributed by atoms with Crippen LogP contribution in [-0.2, 0) is 20.0 Å². The first kappa shape index (κ1) is 13.5. The minimum absolute atomic E-state index is 0.244. The third-order valence-electron chi connectivity index (χ3n) is 2.90. The van der Waals surface area contributed by atoms with Crippen LogP contribution in [-0.4, -0.2) is 20.7 Å². The summed E-state index contributed by atoms with van der Waals surface area (Å²) in [6.07, 6.45) is 0.766. The first-order valence-corrected chi connectivity index (χ1v) is 6.41. The third kappa shape index (κ3) is 2.76. The molecule has 6 nitrogen and oxygen atoms in total. The van der Waals surface area contributed by atoms with Gasteiger partial charge in [0, 0.05) is 19.0 Å². The highest BCUT2D eigenvalue weighted by Gasteiger charge is 2.15. The Morgan fingerprint density at radius 3 is 2.89 bits per heavy atom. The van der Waals surface area contributed by atoms with E-state index in [1.807, 2.05) is 19.9 Å². The van der Waals surface area contributed by atoms with Crippen LogP contribution in [0.5, 0.6) is 0 Å². The molecular formula is C12H16N4O2S. The van der Waals surface area contributed by atoms with Gasteiger partial charge in [-0.05, 0) is 25.2 Å². The molecule has 0 saturated heterocycles. The summed E-state index contributed by atoms with van der Waals surface area (Å²) in [5, 5.41) is 9.46. The van der Waals surface area contributed by atoms with Crippen molar-refractivity contribution in [2.45, 2.75) is 26.8 Å². The van der Waals surface area contributed by atoms with Gasteiger partial charge in [0.15, 0.2) is 16.4 Å². The van der Waals surface area contributed by atoms with E-state index in [1.165, 1.54) is 0 Å². The highest BCUT2D eigenvalue weighted by molar-refractivity contribution is 7.71. The Morgan fingerprint density at radius 1 is 1.63 bits per heavy atom. The van der Waals surface area contributed by atoms with E-state index in [4.69, 9.17) is 16.6 Å². The van der Waals surface area contributed by atoms with Crippen LogP contribution < -0.4 is 5.32 Å². The monoisotopic (exact) mass is 280 g/mol. The van der Waals surface area contributed by atoms with Gasteiger partial charge in [-0.1, -0.05) is 6.92 Å². The Labute approximate surface area is 115 Å². The van der Waals surface area contributed by atoms with Gasteiger partial charge in [-0.3, -0.25) is 9.89 Å². The fourth-order valence-corrected chi connectivity index (χ4v) is 1.88. The molecule has 0 aromatic carbocycles. The van der Waals surface area contributed by atoms with Crippen LogP contribution in [0.4, 0.5) is 0 Å². The van der Waals surface area contributed by atoms with E-state index in [0.29, 0.717) is 22.9 Å². The summed E-state index contributed by atoms with van der Waals surface area (Å²) >= 11 is 5.00. The molecule has 2 heterocycles. The van der Waals surface area contributed by atoms with E-state index < -0.39 is 0 Å². The molecule has 0 aliphatic carbocycles. The Bertz CT molecular complexity index is 653. The van der Waals surface area contributed by atoms with Crippen molar-refractivity contribution >= 4 is 18.1 Å². The van der Waals surface area contributed by atoms with Gasteiger partial charge in [-0.25, -0.2) is 0 Å². The second kappa shape index (κ2) is 5.40. The quantitative estimate of drug-likeness (QED) is 0.838. The largest absolute Gasteiger partial charge is 0.456 e. The Kier molecular flexibility index (Phi) is 3.84. The van der Waals surface area contributed by atoms with Crippen molar-refractivity contribution < 1.29 is 9.21 Å². The molecule has 0 bridgehead atoms. The lowest BCUT2D eigenvalue weighted by molar-refractivity contribution is 0.0919. The SMILES string of the molecule is CCc1cc(C)c(C(=O)NCc2n[nH]c(=S)n2C)o1. The summed E-state index contributed by atoms with van der Waals surface area (Å²) < 4.78 is 7.71. The topological polar surface area (TPSA) is 75.8 Å². The molecule has 2 N–H and O–H groups in total. The summed E-state index contributed by atoms with van der Waals surface area (Å²) in [7, 11) is 1.79. The molecule has 0 atom stereocenters. The fourth-order valence-electron chi connectivity index (χ4n) is 1.73. The zero-order valence-corrected chi connectivity index (χ0v) is 11.9. The zero-order chi connectivity index (χ0) is 14.0. The molecule has 0 aliphatic heterocycles. The zero-order valence-electron chi connectivity index (χ0n) is 11.1. The van der Waals surface area contributed by atoms with Crippen LogP contribution in [0.2, 0.25) is 0 Å². The molecule has 2 aromatic heterocycles. The van der Waals surface area contributed by atoms with E-state index in [-0.39, 0.29) is 5.91 Å². The number of aromatic nitrogens is 3. The van der Waals surface area contributed by atoms with Crippen LogP contribution in [0, 0.1) is 11.7 Å². The van der Waals surface area contributed by atoms with E-state index in [1.54, 1.807) is 11.6 Å². The van der Waals surface area contributed by atoms with Crippen LogP contribution in [0.3, 0.4) is 0 Å². The lowest BCUT2D eigenvalue weighted by Crippen LogP contribution is -2.24. The number of aromatic amines is 1. The molecule has 19 heavy (non-hydrogen) atoms. The van der Waals surface area contributed by atoms with Crippen molar-refractivity contribution in [1.29, 1.82) is 0 Å². The maximum absolute atomic E-state index is 12.0. The highest BCUT2D eigenvalue weighted by Crippen LogP contribution is 2.15. The van der Waals surface area contributed by atoms with Gasteiger partial charge >= 0.3 is 0 Å². The van der Waals surface area contributed by atoms with Crippen LogP contribution in [0.15, 0.2) is 10.5 Å². The molecular weight excluding hydrogens is 264 g/mol. The van der Waals surface area contributed by atoms with Crippen LogP contribution >= 0.6 is 12.2 Å². The van der Waals surface area contributed by atoms with Crippen molar-refractivity contribution in [3.8, 4) is 0 Å². The molecule has 0 radical (unpaired) electrons. The molecule has 2 aromatic rings. The molecule has 0 aliphatic rings. The number of amides is 1. The average molecular weight is 280 g/mol. The van der Waals surface area contributed by atoms with E-state index in [9.17, 15) is 4.79 Å². The van der Waals surface area contributed by atoms with Crippen molar-refractivity contribution in [3.05, 3.63) is 33.7 Å². The minimum Gasteiger partial charge on any atom is -0.456 e. The maximum atomic E-state index is 12.0. The Hall–Kier alpha value is -1.89. The van der Waals surface area contributed by atoms with Gasteiger partial charge in [0.05, 0.1) is 6.54 Å². The fraction of sp³-hybridized carbons (Fsp3) is 0.417. The summed E-state index contributed by atoms with van der Waals surface area (Å²) in [5.74, 6) is 1.58. The molecule has 0 spiro atoms. The molecule has 2 rings (SSSR count). The number of H-pyrrole nitrogens is 1. The lowest BCUT2D eigenvalue weighted by atomic mass is 10.2. The Morgan fingerprint density at radius 2 is 2.37 bits per heavy atom. The molecule has 0 saturated carbocycles. The normalized spacial score (nSPS) is 10.7. The highest BCUT2D eigenvalue weighted by atomic mass is 32.1. The first-order chi connectivity index (χ1) is 9.02. The second-order valence-corrected chi connectivity index (χ2v) is 4.65. The third-order valence-corrected chi connectivity index (χ3v) is 3.27. The summed E-state index contributed by atoms with van der Waals surface area (Å²) in [6, 6.07) is 1.88. The molecule has 7 heteroatoms. The van der Waals surface area contributed by atoms with Crippen molar-refractivity contribution in [1.82, 2.24) is 20.1 Å². The summed E-state index contributed by atoms with van der Waals surface area (Å²) in [5.41, 5.74) is 0.838. The second-order valence-electron chi connectivity index (χ2n) is 4.27. The number of hydrogen-bond acceptors (Lipinski definition) is 4. The summed E-state index contributed by atoms with van der Waals surface area (Å²) in [4.78, 5) is 12.0. The molecule has 0 unspecified atom stereocenters. The van der Waals surface area contributed by atoms with Gasteiger partial charge in [0.2, 0.25) is 0 Å². The Balaban J connectivity index is 2.07. The number of hydrogen-bond donors (Lipinski definition) is 2. The minimum atomic E-state index is -0.244. The van der Waals surface area contributed by atoms with Crippen LogP contribution in [0.1, 0.15) is 34.6 Å². The molecule has 0 fully saturated rings. The first-order valence-electron chi connectivity index (χ1n) is 6.00. The number of furan rings is 1. The van der Waals surface area contributed by atoms with E-state index >= 15 is 0 Å². The standard InChI is InChI=1S/C12H16N4O2S/c1-4-8-5-7(2)10(18-8)11(17)13-6-9-14-15-12(19)16(9)3/h5H,4,6H2,1-3H3,(H,13,17)(H,15,19). The molecule has 1 amide bonds. The van der Waals surface area contributed by atoms with Crippen LogP contribution in [0.25, 0.3) is 0 Å².